The van der Waals surface area contributed by atoms with Gasteiger partial charge in [-0.05, 0) is 18.1 Å². The monoisotopic (exact) mass is 566 g/mol. The van der Waals surface area contributed by atoms with Crippen molar-refractivity contribution in [3.63, 3.8) is 0 Å². The molecule has 0 spiro atoms. The first-order valence-corrected chi connectivity index (χ1v) is 11.7. The number of benzene rings is 1. The Bertz CT molecular complexity index is 962. The van der Waals surface area contributed by atoms with Crippen molar-refractivity contribution in [2.75, 3.05) is 37.6 Å². The number of guanidine groups is 1. The van der Waals surface area contributed by atoms with E-state index in [1.165, 1.54) is 22.7 Å². The number of hydrogen-bond acceptors (Lipinski definition) is 6. The normalized spacial score (nSPS) is 14.4. The summed E-state index contributed by atoms with van der Waals surface area (Å²) < 4.78 is 6.49. The molecule has 0 aliphatic carbocycles. The quantitative estimate of drug-likeness (QED) is 0.269. The largest absolute Gasteiger partial charge is 0.357 e. The van der Waals surface area contributed by atoms with E-state index in [9.17, 15) is 0 Å². The number of anilines is 1. The number of halogens is 1. The van der Waals surface area contributed by atoms with Gasteiger partial charge in [0.15, 0.2) is 5.96 Å². The SMILES string of the molecule is CCNC(=NCc1ccc(Cn2ccnc2)cc1)N1CCN(c2nc(CC)ns2)CC1.I. The first-order valence-electron chi connectivity index (χ1n) is 10.9. The number of aromatic nitrogens is 4. The van der Waals surface area contributed by atoms with Crippen LogP contribution in [-0.2, 0) is 19.5 Å². The molecule has 2 aromatic heterocycles. The topological polar surface area (TPSA) is 74.5 Å². The first-order chi connectivity index (χ1) is 15.2. The number of rotatable bonds is 7. The van der Waals surface area contributed by atoms with Crippen molar-refractivity contribution in [1.29, 1.82) is 0 Å². The van der Waals surface area contributed by atoms with Crippen LogP contribution in [0.1, 0.15) is 30.8 Å². The summed E-state index contributed by atoms with van der Waals surface area (Å²) in [6.07, 6.45) is 6.52. The molecular formula is C22H31IN8S. The summed E-state index contributed by atoms with van der Waals surface area (Å²) in [4.78, 5) is 18.3. The molecular weight excluding hydrogens is 535 g/mol. The number of aliphatic imine (C=N–C) groups is 1. The van der Waals surface area contributed by atoms with Crippen LogP contribution >= 0.6 is 35.5 Å². The van der Waals surface area contributed by atoms with Crippen molar-refractivity contribution >= 4 is 46.6 Å². The average molecular weight is 567 g/mol. The van der Waals surface area contributed by atoms with Crippen LogP contribution in [0.3, 0.4) is 0 Å². The summed E-state index contributed by atoms with van der Waals surface area (Å²) in [5, 5.41) is 4.49. The number of aryl methyl sites for hydroxylation is 1. The third-order valence-electron chi connectivity index (χ3n) is 5.32. The zero-order valence-corrected chi connectivity index (χ0v) is 21.8. The molecule has 4 rings (SSSR count). The summed E-state index contributed by atoms with van der Waals surface area (Å²) >= 11 is 1.51. The van der Waals surface area contributed by atoms with E-state index in [2.05, 4.69) is 72.1 Å². The molecule has 0 unspecified atom stereocenters. The van der Waals surface area contributed by atoms with Crippen molar-refractivity contribution in [1.82, 2.24) is 29.1 Å². The van der Waals surface area contributed by atoms with Gasteiger partial charge in [0.25, 0.3) is 0 Å². The lowest BCUT2D eigenvalue weighted by Crippen LogP contribution is -2.52. The molecule has 172 valence electrons. The Morgan fingerprint density at radius 3 is 2.47 bits per heavy atom. The maximum absolute atomic E-state index is 4.90. The predicted octanol–water partition coefficient (Wildman–Crippen LogP) is 3.25. The third-order valence-corrected chi connectivity index (χ3v) is 6.13. The maximum Gasteiger partial charge on any atom is 0.205 e. The summed E-state index contributed by atoms with van der Waals surface area (Å²) in [5.74, 6) is 1.92. The van der Waals surface area contributed by atoms with Crippen LogP contribution in [0.25, 0.3) is 0 Å². The van der Waals surface area contributed by atoms with Crippen molar-refractivity contribution in [3.05, 3.63) is 59.9 Å². The second-order valence-electron chi connectivity index (χ2n) is 7.54. The second-order valence-corrected chi connectivity index (χ2v) is 8.27. The molecule has 1 saturated heterocycles. The first kappa shape index (κ1) is 24.4. The summed E-state index contributed by atoms with van der Waals surface area (Å²) in [5.41, 5.74) is 2.47. The summed E-state index contributed by atoms with van der Waals surface area (Å²) in [6, 6.07) is 8.67. The summed E-state index contributed by atoms with van der Waals surface area (Å²) in [6.45, 7) is 10.3. The molecule has 3 heterocycles. The smallest absolute Gasteiger partial charge is 0.205 e. The number of nitrogens with one attached hydrogen (secondary N) is 1. The minimum absolute atomic E-state index is 0. The van der Waals surface area contributed by atoms with Gasteiger partial charge in [-0.2, -0.15) is 4.37 Å². The Morgan fingerprint density at radius 1 is 1.09 bits per heavy atom. The minimum atomic E-state index is 0. The molecule has 1 N–H and O–H groups in total. The fraction of sp³-hybridized carbons (Fsp3) is 0.455. The molecule has 32 heavy (non-hydrogen) atoms. The highest BCUT2D eigenvalue weighted by atomic mass is 127. The Hall–Kier alpha value is -2.21. The highest BCUT2D eigenvalue weighted by Crippen LogP contribution is 2.19. The van der Waals surface area contributed by atoms with Gasteiger partial charge in [-0.3, -0.25) is 0 Å². The Morgan fingerprint density at radius 2 is 1.84 bits per heavy atom. The Balaban J connectivity index is 0.00000289. The van der Waals surface area contributed by atoms with Crippen LogP contribution in [0.4, 0.5) is 5.13 Å². The summed E-state index contributed by atoms with van der Waals surface area (Å²) in [7, 11) is 0. The van der Waals surface area contributed by atoms with Crippen LogP contribution in [-0.4, -0.2) is 62.5 Å². The van der Waals surface area contributed by atoms with Crippen molar-refractivity contribution in [2.45, 2.75) is 33.4 Å². The number of nitrogens with zero attached hydrogens (tertiary/aromatic N) is 7. The predicted molar refractivity (Wildman–Crippen MR) is 141 cm³/mol. The van der Waals surface area contributed by atoms with E-state index in [4.69, 9.17) is 4.99 Å². The number of hydrogen-bond donors (Lipinski definition) is 1. The van der Waals surface area contributed by atoms with E-state index in [1.54, 1.807) is 6.20 Å². The van der Waals surface area contributed by atoms with Gasteiger partial charge in [0.05, 0.1) is 12.9 Å². The second kappa shape index (κ2) is 12.1. The molecule has 0 bridgehead atoms. The van der Waals surface area contributed by atoms with E-state index in [1.807, 2.05) is 12.5 Å². The molecule has 8 nitrogen and oxygen atoms in total. The molecule has 10 heteroatoms. The van der Waals surface area contributed by atoms with E-state index >= 15 is 0 Å². The molecule has 1 fully saturated rings. The zero-order chi connectivity index (χ0) is 21.5. The fourth-order valence-electron chi connectivity index (χ4n) is 3.56. The van der Waals surface area contributed by atoms with Crippen molar-refractivity contribution in [2.24, 2.45) is 4.99 Å². The van der Waals surface area contributed by atoms with Gasteiger partial charge in [0.1, 0.15) is 5.82 Å². The van der Waals surface area contributed by atoms with Crippen molar-refractivity contribution in [3.8, 4) is 0 Å². The standard InChI is InChI=1S/C22H30N8S.HI/c1-3-20-26-22(31-27-20)30-13-11-29(12-14-30)21(24-4-2)25-15-18-5-7-19(8-6-18)16-28-10-9-23-17-28;/h5-10,17H,3-4,11-16H2,1-2H3,(H,24,25);1H. The van der Waals surface area contributed by atoms with Gasteiger partial charge >= 0.3 is 0 Å². The van der Waals surface area contributed by atoms with Gasteiger partial charge in [-0.25, -0.2) is 15.0 Å². The van der Waals surface area contributed by atoms with Crippen LogP contribution in [0.2, 0.25) is 0 Å². The van der Waals surface area contributed by atoms with Gasteiger partial charge in [-0.15, -0.1) is 24.0 Å². The molecule has 3 aromatic rings. The fourth-order valence-corrected chi connectivity index (χ4v) is 4.36. The Kier molecular flexibility index (Phi) is 9.27. The van der Waals surface area contributed by atoms with E-state index in [-0.39, 0.29) is 24.0 Å². The lowest BCUT2D eigenvalue weighted by molar-refractivity contribution is 0.372. The van der Waals surface area contributed by atoms with Crippen molar-refractivity contribution < 1.29 is 0 Å². The van der Waals surface area contributed by atoms with E-state index in [0.717, 1.165) is 62.6 Å². The van der Waals surface area contributed by atoms with Crippen LogP contribution in [0, 0.1) is 0 Å². The highest BCUT2D eigenvalue weighted by Gasteiger charge is 2.22. The maximum atomic E-state index is 4.90. The Labute approximate surface area is 211 Å². The van der Waals surface area contributed by atoms with Gasteiger partial charge < -0.3 is 19.7 Å². The molecule has 1 aliphatic rings. The highest BCUT2D eigenvalue weighted by molar-refractivity contribution is 14.0. The van der Waals surface area contributed by atoms with E-state index < -0.39 is 0 Å². The lowest BCUT2D eigenvalue weighted by atomic mass is 10.1. The molecule has 1 aromatic carbocycles. The molecule has 0 saturated carbocycles. The van der Waals surface area contributed by atoms with Crippen LogP contribution in [0.5, 0.6) is 0 Å². The molecule has 0 radical (unpaired) electrons. The average Bonchev–Trinajstić information content (AvgIpc) is 3.50. The van der Waals surface area contributed by atoms with E-state index in [0.29, 0.717) is 6.54 Å². The minimum Gasteiger partial charge on any atom is -0.357 e. The molecule has 1 aliphatic heterocycles. The molecule has 0 amide bonds. The van der Waals surface area contributed by atoms with Gasteiger partial charge in [0, 0.05) is 69.6 Å². The third kappa shape index (κ3) is 6.41. The zero-order valence-electron chi connectivity index (χ0n) is 18.6. The van der Waals surface area contributed by atoms with Crippen LogP contribution < -0.4 is 10.2 Å². The van der Waals surface area contributed by atoms with Gasteiger partial charge in [-0.1, -0.05) is 31.2 Å². The number of imidazole rings is 1. The van der Waals surface area contributed by atoms with Crippen LogP contribution in [0.15, 0.2) is 48.0 Å². The number of piperazine rings is 1. The van der Waals surface area contributed by atoms with Gasteiger partial charge in [0.2, 0.25) is 5.13 Å². The lowest BCUT2D eigenvalue weighted by Gasteiger charge is -2.36. The molecule has 0 atom stereocenters.